The second-order valence-electron chi connectivity index (χ2n) is 8.55. The molecule has 0 atom stereocenters. The molecule has 0 fully saturated rings. The summed E-state index contributed by atoms with van der Waals surface area (Å²) in [5.74, 6) is -2.91. The number of esters is 2. The van der Waals surface area contributed by atoms with Crippen molar-refractivity contribution in [3.05, 3.63) is 100 Å². The number of hydrogen-bond acceptors (Lipinski definition) is 8. The molecule has 11 heteroatoms. The summed E-state index contributed by atoms with van der Waals surface area (Å²) in [7, 11) is 1.22. The number of carbonyl (C=O) groups is 5. The van der Waals surface area contributed by atoms with Crippen LogP contribution in [-0.4, -0.2) is 43.4 Å². The van der Waals surface area contributed by atoms with Crippen LogP contribution >= 0.6 is 11.6 Å². The van der Waals surface area contributed by atoms with Gasteiger partial charge in [-0.05, 0) is 73.2 Å². The molecule has 0 aromatic heterocycles. The maximum atomic E-state index is 13.1. The first-order chi connectivity index (χ1) is 19.2. The average Bonchev–Trinajstić information content (AvgIpc) is 3.18. The zero-order chi connectivity index (χ0) is 28.8. The Labute approximate surface area is 234 Å². The highest BCUT2D eigenvalue weighted by Gasteiger charge is 2.39. The molecule has 0 saturated heterocycles. The van der Waals surface area contributed by atoms with Gasteiger partial charge in [0.25, 0.3) is 17.7 Å². The van der Waals surface area contributed by atoms with Crippen LogP contribution in [0, 0.1) is 0 Å². The number of halogens is 1. The van der Waals surface area contributed by atoms with E-state index in [9.17, 15) is 24.0 Å². The quantitative estimate of drug-likeness (QED) is 0.283. The van der Waals surface area contributed by atoms with Crippen LogP contribution < -0.4 is 15.5 Å². The van der Waals surface area contributed by atoms with Crippen LogP contribution in [0.4, 0.5) is 17.1 Å². The summed E-state index contributed by atoms with van der Waals surface area (Å²) >= 11 is 6.20. The Morgan fingerprint density at radius 1 is 0.825 bits per heavy atom. The fourth-order valence-electron chi connectivity index (χ4n) is 3.76. The monoisotopic (exact) mass is 561 g/mol. The van der Waals surface area contributed by atoms with Crippen LogP contribution in [0.3, 0.4) is 0 Å². The van der Waals surface area contributed by atoms with Crippen molar-refractivity contribution in [2.24, 2.45) is 0 Å². The first-order valence-electron chi connectivity index (χ1n) is 12.2. The first-order valence-corrected chi connectivity index (χ1v) is 12.5. The Kier molecular flexibility index (Phi) is 8.60. The number of nitrogens with one attached hydrogen (secondary N) is 2. The van der Waals surface area contributed by atoms with E-state index in [1.54, 1.807) is 36.4 Å². The largest absolute Gasteiger partial charge is 0.465 e. The first kappa shape index (κ1) is 28.1. The van der Waals surface area contributed by atoms with Gasteiger partial charge in [0.05, 0.1) is 30.5 Å². The van der Waals surface area contributed by atoms with E-state index in [4.69, 9.17) is 21.1 Å². The molecule has 0 saturated carbocycles. The predicted octanol–water partition coefficient (Wildman–Crippen LogP) is 4.73. The maximum Gasteiger partial charge on any atom is 0.338 e. The smallest absolute Gasteiger partial charge is 0.338 e. The molecule has 3 aromatic carbocycles. The minimum Gasteiger partial charge on any atom is -0.465 e. The van der Waals surface area contributed by atoms with Crippen LogP contribution in [0.2, 0.25) is 0 Å². The van der Waals surface area contributed by atoms with Gasteiger partial charge in [0.15, 0.2) is 0 Å². The molecular weight excluding hydrogens is 538 g/mol. The molecule has 1 aliphatic rings. The maximum absolute atomic E-state index is 13.1. The molecule has 0 aliphatic carbocycles. The highest BCUT2D eigenvalue weighted by molar-refractivity contribution is 6.53. The molecule has 4 rings (SSSR count). The lowest BCUT2D eigenvalue weighted by molar-refractivity contribution is -0.120. The molecule has 10 nitrogen and oxygen atoms in total. The van der Waals surface area contributed by atoms with Gasteiger partial charge in [0.2, 0.25) is 0 Å². The summed E-state index contributed by atoms with van der Waals surface area (Å²) in [5.41, 5.74) is 1.78. The number of amides is 3. The minimum atomic E-state index is -0.753. The van der Waals surface area contributed by atoms with Gasteiger partial charge in [0, 0.05) is 16.9 Å². The topological polar surface area (TPSA) is 131 Å². The van der Waals surface area contributed by atoms with Gasteiger partial charge in [0.1, 0.15) is 10.7 Å². The Balaban J connectivity index is 1.42. The van der Waals surface area contributed by atoms with Crippen LogP contribution in [0.5, 0.6) is 0 Å². The van der Waals surface area contributed by atoms with Gasteiger partial charge in [-0.1, -0.05) is 24.6 Å². The molecule has 1 heterocycles. The average molecular weight is 562 g/mol. The summed E-state index contributed by atoms with van der Waals surface area (Å²) in [6, 6.07) is 18.3. The van der Waals surface area contributed by atoms with Gasteiger partial charge < -0.3 is 20.1 Å². The SMILES string of the molecule is CCCOC(=O)c1ccc(NC(=O)c2ccc(NC3=C(Cl)C(=O)N(c4cccc(C(=O)OC)c4)C3=O)cc2)cc1. The van der Waals surface area contributed by atoms with E-state index in [-0.39, 0.29) is 22.0 Å². The van der Waals surface area contributed by atoms with Crippen LogP contribution in [0.25, 0.3) is 0 Å². The van der Waals surface area contributed by atoms with Gasteiger partial charge in [-0.15, -0.1) is 0 Å². The van der Waals surface area contributed by atoms with Gasteiger partial charge in [-0.25, -0.2) is 14.5 Å². The third kappa shape index (κ3) is 6.02. The molecule has 204 valence electrons. The Hall–Kier alpha value is -4.96. The fourth-order valence-corrected chi connectivity index (χ4v) is 3.97. The third-order valence-electron chi connectivity index (χ3n) is 5.78. The highest BCUT2D eigenvalue weighted by atomic mass is 35.5. The summed E-state index contributed by atoms with van der Waals surface area (Å²) in [4.78, 5) is 63.2. The minimum absolute atomic E-state index is 0.148. The number of anilines is 3. The third-order valence-corrected chi connectivity index (χ3v) is 6.14. The molecule has 3 aromatic rings. The zero-order valence-corrected chi connectivity index (χ0v) is 22.3. The number of rotatable bonds is 9. The number of methoxy groups -OCH3 is 1. The number of carbonyl (C=O) groups excluding carboxylic acids is 5. The van der Waals surface area contributed by atoms with Crippen molar-refractivity contribution in [3.63, 3.8) is 0 Å². The fraction of sp³-hybridized carbons (Fsp3) is 0.138. The van der Waals surface area contributed by atoms with Crippen LogP contribution in [-0.2, 0) is 19.1 Å². The van der Waals surface area contributed by atoms with Crippen molar-refractivity contribution >= 4 is 58.3 Å². The highest BCUT2D eigenvalue weighted by Crippen LogP contribution is 2.30. The number of ether oxygens (including phenoxy) is 2. The predicted molar refractivity (Wildman–Crippen MR) is 148 cm³/mol. The van der Waals surface area contributed by atoms with Crippen molar-refractivity contribution in [1.82, 2.24) is 0 Å². The van der Waals surface area contributed by atoms with E-state index in [2.05, 4.69) is 10.6 Å². The van der Waals surface area contributed by atoms with E-state index in [0.29, 0.717) is 29.1 Å². The van der Waals surface area contributed by atoms with Crippen molar-refractivity contribution in [3.8, 4) is 0 Å². The number of nitrogens with zero attached hydrogens (tertiary/aromatic N) is 1. The van der Waals surface area contributed by atoms with E-state index < -0.39 is 29.7 Å². The van der Waals surface area contributed by atoms with E-state index >= 15 is 0 Å². The van der Waals surface area contributed by atoms with E-state index in [1.165, 1.54) is 43.5 Å². The molecule has 40 heavy (non-hydrogen) atoms. The van der Waals surface area contributed by atoms with Crippen molar-refractivity contribution in [1.29, 1.82) is 0 Å². The summed E-state index contributed by atoms with van der Waals surface area (Å²) in [6.07, 6.45) is 0.721. The number of benzene rings is 3. The van der Waals surface area contributed by atoms with E-state index in [0.717, 1.165) is 11.3 Å². The van der Waals surface area contributed by atoms with Crippen molar-refractivity contribution < 1.29 is 33.4 Å². The zero-order valence-electron chi connectivity index (χ0n) is 21.5. The molecule has 0 radical (unpaired) electrons. The Bertz CT molecular complexity index is 1520. The number of hydrogen-bond donors (Lipinski definition) is 2. The second-order valence-corrected chi connectivity index (χ2v) is 8.92. The molecular formula is C29H24ClN3O7. The molecule has 0 bridgehead atoms. The van der Waals surface area contributed by atoms with Crippen molar-refractivity contribution in [2.75, 3.05) is 29.3 Å². The molecule has 0 unspecified atom stereocenters. The molecule has 1 aliphatic heterocycles. The molecule has 3 amide bonds. The summed E-state index contributed by atoms with van der Waals surface area (Å²) < 4.78 is 9.78. The Morgan fingerprint density at radius 2 is 1.48 bits per heavy atom. The normalized spacial score (nSPS) is 12.8. The molecule has 2 N–H and O–H groups in total. The second kappa shape index (κ2) is 12.3. The lowest BCUT2D eigenvalue weighted by Gasteiger charge is -2.16. The summed E-state index contributed by atoms with van der Waals surface area (Å²) in [5, 5.41) is 5.25. The summed E-state index contributed by atoms with van der Waals surface area (Å²) in [6.45, 7) is 2.23. The standard InChI is InChI=1S/C29H24ClN3O7/c1-3-15-40-29(38)18-9-13-21(14-10-18)32-25(34)17-7-11-20(12-8-17)31-24-23(30)26(35)33(27(24)36)22-6-4-5-19(16-22)28(37)39-2/h4-14,16,31H,3,15H2,1-2H3,(H,32,34). The van der Waals surface area contributed by atoms with Gasteiger partial charge >= 0.3 is 11.9 Å². The van der Waals surface area contributed by atoms with Crippen LogP contribution in [0.15, 0.2) is 83.5 Å². The lowest BCUT2D eigenvalue weighted by Crippen LogP contribution is -2.32. The van der Waals surface area contributed by atoms with Gasteiger partial charge in [-0.2, -0.15) is 0 Å². The lowest BCUT2D eigenvalue weighted by atomic mass is 10.1. The van der Waals surface area contributed by atoms with Crippen molar-refractivity contribution in [2.45, 2.75) is 13.3 Å². The Morgan fingerprint density at radius 3 is 2.12 bits per heavy atom. The van der Waals surface area contributed by atoms with Crippen LogP contribution in [0.1, 0.15) is 44.4 Å². The molecule has 0 spiro atoms. The number of imide groups is 1. The van der Waals surface area contributed by atoms with E-state index in [1.807, 2.05) is 6.92 Å². The van der Waals surface area contributed by atoms with Gasteiger partial charge in [-0.3, -0.25) is 14.4 Å².